The molecule has 5 heteroatoms. The summed E-state index contributed by atoms with van der Waals surface area (Å²) in [6.45, 7) is 0. The van der Waals surface area contributed by atoms with Crippen LogP contribution in [0.15, 0.2) is 36.8 Å². The highest BCUT2D eigenvalue weighted by Crippen LogP contribution is 2.29. The number of nitrogens with zero attached hydrogens (tertiary/aromatic N) is 2. The SMILES string of the molecule is CN/C=C/c1ccc2cnccc2c1[N+](=O)[O-]. The van der Waals surface area contributed by atoms with Gasteiger partial charge in [-0.2, -0.15) is 0 Å². The lowest BCUT2D eigenvalue weighted by Gasteiger charge is -2.02. The van der Waals surface area contributed by atoms with Gasteiger partial charge < -0.3 is 5.32 Å². The van der Waals surface area contributed by atoms with Crippen LogP contribution in [0, 0.1) is 10.1 Å². The largest absolute Gasteiger partial charge is 0.394 e. The number of hydrogen-bond acceptors (Lipinski definition) is 4. The van der Waals surface area contributed by atoms with Gasteiger partial charge in [0.05, 0.1) is 15.9 Å². The van der Waals surface area contributed by atoms with E-state index in [1.807, 2.05) is 6.07 Å². The molecule has 0 atom stereocenters. The monoisotopic (exact) mass is 229 g/mol. The van der Waals surface area contributed by atoms with E-state index in [4.69, 9.17) is 0 Å². The van der Waals surface area contributed by atoms with Crippen molar-refractivity contribution in [1.29, 1.82) is 0 Å². The molecule has 86 valence electrons. The van der Waals surface area contributed by atoms with Gasteiger partial charge in [0.25, 0.3) is 5.69 Å². The highest BCUT2D eigenvalue weighted by atomic mass is 16.6. The van der Waals surface area contributed by atoms with Crippen molar-refractivity contribution in [2.24, 2.45) is 0 Å². The molecule has 1 N–H and O–H groups in total. The number of nitro groups is 1. The van der Waals surface area contributed by atoms with E-state index in [0.29, 0.717) is 10.9 Å². The minimum Gasteiger partial charge on any atom is -0.394 e. The van der Waals surface area contributed by atoms with Crippen LogP contribution in [0.2, 0.25) is 0 Å². The van der Waals surface area contributed by atoms with Gasteiger partial charge >= 0.3 is 0 Å². The third-order valence-corrected chi connectivity index (χ3v) is 2.44. The molecule has 2 rings (SSSR count). The van der Waals surface area contributed by atoms with E-state index in [0.717, 1.165) is 5.39 Å². The van der Waals surface area contributed by atoms with Gasteiger partial charge in [0.1, 0.15) is 0 Å². The molecule has 0 fully saturated rings. The fraction of sp³-hybridized carbons (Fsp3) is 0.0833. The summed E-state index contributed by atoms with van der Waals surface area (Å²) >= 11 is 0. The third kappa shape index (κ3) is 2.08. The predicted molar refractivity (Wildman–Crippen MR) is 66.5 cm³/mol. The van der Waals surface area contributed by atoms with Gasteiger partial charge in [-0.15, -0.1) is 0 Å². The molecule has 0 unspecified atom stereocenters. The summed E-state index contributed by atoms with van der Waals surface area (Å²) in [4.78, 5) is 14.7. The topological polar surface area (TPSA) is 68.1 Å². The molecule has 0 radical (unpaired) electrons. The molecule has 0 saturated heterocycles. The van der Waals surface area contributed by atoms with E-state index < -0.39 is 0 Å². The van der Waals surface area contributed by atoms with Crippen molar-refractivity contribution in [2.45, 2.75) is 0 Å². The number of nitrogens with one attached hydrogen (secondary N) is 1. The van der Waals surface area contributed by atoms with E-state index in [9.17, 15) is 10.1 Å². The van der Waals surface area contributed by atoms with Crippen molar-refractivity contribution < 1.29 is 4.92 Å². The molecular weight excluding hydrogens is 218 g/mol. The van der Waals surface area contributed by atoms with Crippen LogP contribution in [0.25, 0.3) is 16.8 Å². The summed E-state index contributed by atoms with van der Waals surface area (Å²) in [5.41, 5.74) is 0.680. The fourth-order valence-electron chi connectivity index (χ4n) is 1.68. The molecular formula is C12H11N3O2. The molecule has 1 aromatic heterocycles. The van der Waals surface area contributed by atoms with Gasteiger partial charge in [-0.05, 0) is 24.4 Å². The van der Waals surface area contributed by atoms with Gasteiger partial charge in [0, 0.05) is 24.8 Å². The molecule has 0 aliphatic heterocycles. The Morgan fingerprint density at radius 3 is 2.94 bits per heavy atom. The molecule has 2 aromatic rings. The number of fused-ring (bicyclic) bond motifs is 1. The van der Waals surface area contributed by atoms with E-state index in [1.54, 1.807) is 43.9 Å². The number of pyridine rings is 1. The summed E-state index contributed by atoms with van der Waals surface area (Å²) in [5, 5.41) is 15.3. The van der Waals surface area contributed by atoms with Crippen molar-refractivity contribution in [3.05, 3.63) is 52.5 Å². The molecule has 1 heterocycles. The maximum absolute atomic E-state index is 11.1. The number of nitro benzene ring substituents is 1. The summed E-state index contributed by atoms with van der Waals surface area (Å²) in [7, 11) is 1.74. The minimum atomic E-state index is -0.363. The highest BCUT2D eigenvalue weighted by Gasteiger charge is 2.16. The molecule has 0 amide bonds. The lowest BCUT2D eigenvalue weighted by molar-refractivity contribution is -0.383. The summed E-state index contributed by atoms with van der Waals surface area (Å²) in [6.07, 6.45) is 6.52. The molecule has 0 aliphatic carbocycles. The van der Waals surface area contributed by atoms with Crippen LogP contribution in [0.1, 0.15) is 5.56 Å². The quantitative estimate of drug-likeness (QED) is 0.647. The van der Waals surface area contributed by atoms with Gasteiger partial charge in [0.15, 0.2) is 0 Å². The molecule has 1 aromatic carbocycles. The van der Waals surface area contributed by atoms with Crippen LogP contribution in [0.3, 0.4) is 0 Å². The normalized spacial score (nSPS) is 10.9. The van der Waals surface area contributed by atoms with Crippen LogP contribution >= 0.6 is 0 Å². The first-order valence-electron chi connectivity index (χ1n) is 5.09. The van der Waals surface area contributed by atoms with Crippen LogP contribution in [0.5, 0.6) is 0 Å². The van der Waals surface area contributed by atoms with Gasteiger partial charge in [-0.3, -0.25) is 15.1 Å². The zero-order chi connectivity index (χ0) is 12.3. The number of hydrogen-bond donors (Lipinski definition) is 1. The Morgan fingerprint density at radius 1 is 1.41 bits per heavy atom. The maximum Gasteiger partial charge on any atom is 0.284 e. The minimum absolute atomic E-state index is 0.108. The van der Waals surface area contributed by atoms with Gasteiger partial charge in [-0.1, -0.05) is 6.07 Å². The standard InChI is InChI=1S/C12H11N3O2/c1-13-6-4-9-2-3-10-8-14-7-5-11(10)12(9)15(16)17/h2-8,13H,1H3/b6-4+. The van der Waals surface area contributed by atoms with E-state index >= 15 is 0 Å². The van der Waals surface area contributed by atoms with E-state index in [1.165, 1.54) is 0 Å². The Balaban J connectivity index is 2.73. The van der Waals surface area contributed by atoms with Crippen LogP contribution < -0.4 is 5.32 Å². The third-order valence-electron chi connectivity index (χ3n) is 2.44. The molecule has 5 nitrogen and oxygen atoms in total. The van der Waals surface area contributed by atoms with Gasteiger partial charge in [0.2, 0.25) is 0 Å². The van der Waals surface area contributed by atoms with Gasteiger partial charge in [-0.25, -0.2) is 0 Å². The van der Waals surface area contributed by atoms with Crippen molar-refractivity contribution >= 4 is 22.5 Å². The highest BCUT2D eigenvalue weighted by molar-refractivity contribution is 5.93. The molecule has 17 heavy (non-hydrogen) atoms. The van der Waals surface area contributed by atoms with E-state index in [2.05, 4.69) is 10.3 Å². The Labute approximate surface area is 97.9 Å². The van der Waals surface area contributed by atoms with Crippen molar-refractivity contribution in [1.82, 2.24) is 10.3 Å². The second-order valence-electron chi connectivity index (χ2n) is 3.48. The lowest BCUT2D eigenvalue weighted by Crippen LogP contribution is -1.95. The first-order valence-corrected chi connectivity index (χ1v) is 5.09. The average molecular weight is 229 g/mol. The molecule has 0 bridgehead atoms. The second kappa shape index (κ2) is 4.61. The lowest BCUT2D eigenvalue weighted by atomic mass is 10.1. The second-order valence-corrected chi connectivity index (χ2v) is 3.48. The predicted octanol–water partition coefficient (Wildman–Crippen LogP) is 2.33. The number of rotatable bonds is 3. The first-order chi connectivity index (χ1) is 8.24. The smallest absolute Gasteiger partial charge is 0.284 e. The van der Waals surface area contributed by atoms with Crippen LogP contribution in [-0.4, -0.2) is 17.0 Å². The molecule has 0 spiro atoms. The first kappa shape index (κ1) is 11.1. The Morgan fingerprint density at radius 2 is 2.24 bits per heavy atom. The summed E-state index contributed by atoms with van der Waals surface area (Å²) in [5.74, 6) is 0. The van der Waals surface area contributed by atoms with Crippen molar-refractivity contribution in [3.63, 3.8) is 0 Å². The van der Waals surface area contributed by atoms with Crippen molar-refractivity contribution in [2.75, 3.05) is 7.05 Å². The zero-order valence-electron chi connectivity index (χ0n) is 9.25. The zero-order valence-corrected chi connectivity index (χ0v) is 9.25. The number of benzene rings is 1. The van der Waals surface area contributed by atoms with E-state index in [-0.39, 0.29) is 10.6 Å². The maximum atomic E-state index is 11.1. The Bertz CT molecular complexity index is 593. The van der Waals surface area contributed by atoms with Crippen LogP contribution in [-0.2, 0) is 0 Å². The number of aromatic nitrogens is 1. The average Bonchev–Trinajstić information content (AvgIpc) is 2.35. The molecule has 0 saturated carbocycles. The molecule has 0 aliphatic rings. The summed E-state index contributed by atoms with van der Waals surface area (Å²) < 4.78 is 0. The summed E-state index contributed by atoms with van der Waals surface area (Å²) in [6, 6.07) is 5.20. The van der Waals surface area contributed by atoms with Crippen molar-refractivity contribution in [3.8, 4) is 0 Å². The van der Waals surface area contributed by atoms with Crippen LogP contribution in [0.4, 0.5) is 5.69 Å². The Hall–Kier alpha value is -2.43. The fourth-order valence-corrected chi connectivity index (χ4v) is 1.68. The Kier molecular flexibility index (Phi) is 3.00.